The molecule has 0 aliphatic rings. The van der Waals surface area contributed by atoms with Gasteiger partial charge in [0.2, 0.25) is 0 Å². The van der Waals surface area contributed by atoms with Gasteiger partial charge in [0.15, 0.2) is 0 Å². The van der Waals surface area contributed by atoms with Crippen molar-refractivity contribution in [3.8, 4) is 0 Å². The number of amidine groups is 1. The van der Waals surface area contributed by atoms with E-state index in [1.807, 2.05) is 13.0 Å². The van der Waals surface area contributed by atoms with Gasteiger partial charge in [0.05, 0.1) is 5.56 Å². The number of halogens is 1. The van der Waals surface area contributed by atoms with Crippen molar-refractivity contribution in [2.45, 2.75) is 16.8 Å². The summed E-state index contributed by atoms with van der Waals surface area (Å²) in [6.45, 7) is 1.88. The van der Waals surface area contributed by atoms with Crippen LogP contribution in [-0.2, 0) is 0 Å². The first-order valence-electron chi connectivity index (χ1n) is 5.31. The van der Waals surface area contributed by atoms with Crippen molar-refractivity contribution in [2.75, 3.05) is 0 Å². The Labute approximate surface area is 109 Å². The molecule has 0 atom stereocenters. The number of rotatable bonds is 3. The number of nitrogen functional groups attached to an aromatic ring is 1. The lowest BCUT2D eigenvalue weighted by atomic mass is 10.1. The molecule has 0 fully saturated rings. The van der Waals surface area contributed by atoms with Crippen LogP contribution in [0, 0.1) is 18.2 Å². The lowest BCUT2D eigenvalue weighted by Crippen LogP contribution is -2.14. The SMILES string of the molecule is Cc1ccnc(Sc2ccc(F)cc2)c1C(=N)N. The van der Waals surface area contributed by atoms with E-state index in [1.54, 1.807) is 18.3 Å². The molecule has 92 valence electrons. The summed E-state index contributed by atoms with van der Waals surface area (Å²) in [5.41, 5.74) is 7.10. The summed E-state index contributed by atoms with van der Waals surface area (Å²) in [5.74, 6) is -0.284. The molecule has 2 rings (SSSR count). The molecule has 5 heteroatoms. The van der Waals surface area contributed by atoms with E-state index in [1.165, 1.54) is 23.9 Å². The van der Waals surface area contributed by atoms with Gasteiger partial charge in [-0.05, 0) is 42.8 Å². The van der Waals surface area contributed by atoms with Gasteiger partial charge in [-0.25, -0.2) is 9.37 Å². The Morgan fingerprint density at radius 2 is 1.94 bits per heavy atom. The highest BCUT2D eigenvalue weighted by Crippen LogP contribution is 2.29. The second-order valence-electron chi connectivity index (χ2n) is 3.78. The Balaban J connectivity index is 2.37. The van der Waals surface area contributed by atoms with Gasteiger partial charge in [-0.2, -0.15) is 0 Å². The fourth-order valence-corrected chi connectivity index (χ4v) is 2.53. The van der Waals surface area contributed by atoms with Crippen LogP contribution in [0.2, 0.25) is 0 Å². The third-order valence-electron chi connectivity index (χ3n) is 2.42. The maximum Gasteiger partial charge on any atom is 0.125 e. The minimum Gasteiger partial charge on any atom is -0.384 e. The van der Waals surface area contributed by atoms with Gasteiger partial charge < -0.3 is 5.73 Å². The van der Waals surface area contributed by atoms with E-state index in [2.05, 4.69) is 4.98 Å². The van der Waals surface area contributed by atoms with Crippen molar-refractivity contribution in [3.05, 3.63) is 53.5 Å². The Kier molecular flexibility index (Phi) is 3.62. The molecule has 0 amide bonds. The van der Waals surface area contributed by atoms with E-state index in [9.17, 15) is 4.39 Å². The Bertz CT molecular complexity index is 581. The Morgan fingerprint density at radius 3 is 2.56 bits per heavy atom. The van der Waals surface area contributed by atoms with Gasteiger partial charge in [0.1, 0.15) is 16.7 Å². The highest BCUT2D eigenvalue weighted by Gasteiger charge is 2.11. The van der Waals surface area contributed by atoms with Crippen LogP contribution in [0.5, 0.6) is 0 Å². The fraction of sp³-hybridized carbons (Fsp3) is 0.0769. The molecule has 1 aromatic carbocycles. The minimum absolute atomic E-state index is 0.00906. The van der Waals surface area contributed by atoms with Crippen LogP contribution in [0.1, 0.15) is 11.1 Å². The van der Waals surface area contributed by atoms with Crippen molar-refractivity contribution in [1.29, 1.82) is 5.41 Å². The number of hydrogen-bond acceptors (Lipinski definition) is 3. The number of hydrogen-bond donors (Lipinski definition) is 2. The summed E-state index contributed by atoms with van der Waals surface area (Å²) in [7, 11) is 0. The smallest absolute Gasteiger partial charge is 0.125 e. The molecular weight excluding hydrogens is 249 g/mol. The van der Waals surface area contributed by atoms with Crippen molar-refractivity contribution < 1.29 is 4.39 Å². The second-order valence-corrected chi connectivity index (χ2v) is 4.84. The number of nitrogens with zero attached hydrogens (tertiary/aromatic N) is 1. The molecule has 0 unspecified atom stereocenters. The van der Waals surface area contributed by atoms with E-state index >= 15 is 0 Å². The molecule has 0 aliphatic heterocycles. The predicted octanol–water partition coefficient (Wildman–Crippen LogP) is 2.96. The quantitative estimate of drug-likeness (QED) is 0.659. The van der Waals surface area contributed by atoms with Crippen LogP contribution in [-0.4, -0.2) is 10.8 Å². The van der Waals surface area contributed by atoms with Gasteiger partial charge in [-0.3, -0.25) is 5.41 Å². The van der Waals surface area contributed by atoms with Gasteiger partial charge in [0, 0.05) is 11.1 Å². The fourth-order valence-electron chi connectivity index (χ4n) is 1.55. The van der Waals surface area contributed by atoms with Crippen LogP contribution in [0.25, 0.3) is 0 Å². The molecule has 3 nitrogen and oxygen atoms in total. The number of aryl methyl sites for hydroxylation is 1. The molecule has 0 saturated heterocycles. The number of aromatic nitrogens is 1. The van der Waals surface area contributed by atoms with Crippen LogP contribution in [0.4, 0.5) is 4.39 Å². The predicted molar refractivity (Wildman–Crippen MR) is 70.5 cm³/mol. The summed E-state index contributed by atoms with van der Waals surface area (Å²) in [5, 5.41) is 8.24. The van der Waals surface area contributed by atoms with E-state index < -0.39 is 0 Å². The molecule has 3 N–H and O–H groups in total. The molecular formula is C13H12FN3S. The summed E-state index contributed by atoms with van der Waals surface area (Å²) in [6.07, 6.45) is 1.67. The van der Waals surface area contributed by atoms with E-state index in [-0.39, 0.29) is 11.7 Å². The standard InChI is InChI=1S/C13H12FN3S/c1-8-6-7-17-13(11(8)12(15)16)18-10-4-2-9(14)3-5-10/h2-7H,1H3,(H3,15,16). The van der Waals surface area contributed by atoms with E-state index in [0.717, 1.165) is 10.5 Å². The highest BCUT2D eigenvalue weighted by atomic mass is 32.2. The molecule has 0 aliphatic carbocycles. The average Bonchev–Trinajstić information content (AvgIpc) is 2.32. The lowest BCUT2D eigenvalue weighted by molar-refractivity contribution is 0.626. The Morgan fingerprint density at radius 1 is 1.28 bits per heavy atom. The third-order valence-corrected chi connectivity index (χ3v) is 3.43. The number of nitrogens with one attached hydrogen (secondary N) is 1. The van der Waals surface area contributed by atoms with Gasteiger partial charge in [-0.15, -0.1) is 0 Å². The van der Waals surface area contributed by atoms with Crippen LogP contribution in [0.15, 0.2) is 46.5 Å². The summed E-state index contributed by atoms with van der Waals surface area (Å²) in [6, 6.07) is 7.95. The van der Waals surface area contributed by atoms with Crippen molar-refractivity contribution in [2.24, 2.45) is 5.73 Å². The molecule has 0 bridgehead atoms. The van der Waals surface area contributed by atoms with E-state index in [4.69, 9.17) is 11.1 Å². The zero-order valence-electron chi connectivity index (χ0n) is 9.77. The van der Waals surface area contributed by atoms with Crippen LogP contribution >= 0.6 is 11.8 Å². The molecule has 2 aromatic rings. The number of benzene rings is 1. The van der Waals surface area contributed by atoms with Crippen LogP contribution < -0.4 is 5.73 Å². The number of pyridine rings is 1. The molecule has 0 spiro atoms. The average molecular weight is 261 g/mol. The van der Waals surface area contributed by atoms with Gasteiger partial charge >= 0.3 is 0 Å². The maximum atomic E-state index is 12.8. The van der Waals surface area contributed by atoms with Crippen molar-refractivity contribution >= 4 is 17.6 Å². The monoisotopic (exact) mass is 261 g/mol. The number of nitrogens with two attached hydrogens (primary N) is 1. The first-order chi connectivity index (χ1) is 8.58. The van der Waals surface area contributed by atoms with Crippen molar-refractivity contribution in [3.63, 3.8) is 0 Å². The molecule has 1 aromatic heterocycles. The van der Waals surface area contributed by atoms with E-state index in [0.29, 0.717) is 10.6 Å². The largest absolute Gasteiger partial charge is 0.384 e. The zero-order chi connectivity index (χ0) is 13.1. The van der Waals surface area contributed by atoms with Crippen molar-refractivity contribution in [1.82, 2.24) is 4.98 Å². The second kappa shape index (κ2) is 5.18. The van der Waals surface area contributed by atoms with Gasteiger partial charge in [0.25, 0.3) is 0 Å². The summed E-state index contributed by atoms with van der Waals surface area (Å²) < 4.78 is 12.8. The molecule has 18 heavy (non-hydrogen) atoms. The Hall–Kier alpha value is -1.88. The van der Waals surface area contributed by atoms with Crippen LogP contribution in [0.3, 0.4) is 0 Å². The molecule has 1 heterocycles. The summed E-state index contributed by atoms with van der Waals surface area (Å²) >= 11 is 1.37. The third kappa shape index (κ3) is 2.68. The molecule has 0 radical (unpaired) electrons. The first kappa shape index (κ1) is 12.6. The zero-order valence-corrected chi connectivity index (χ0v) is 10.6. The highest BCUT2D eigenvalue weighted by molar-refractivity contribution is 7.99. The molecule has 0 saturated carbocycles. The van der Waals surface area contributed by atoms with Gasteiger partial charge in [-0.1, -0.05) is 11.8 Å². The first-order valence-corrected chi connectivity index (χ1v) is 6.13. The minimum atomic E-state index is -0.275. The topological polar surface area (TPSA) is 62.8 Å². The summed E-state index contributed by atoms with van der Waals surface area (Å²) in [4.78, 5) is 5.09. The maximum absolute atomic E-state index is 12.8. The lowest BCUT2D eigenvalue weighted by Gasteiger charge is -2.09. The normalized spacial score (nSPS) is 10.3.